The van der Waals surface area contributed by atoms with Crippen LogP contribution < -0.4 is 25.4 Å². The molecule has 3 amide bonds. The van der Waals surface area contributed by atoms with Gasteiger partial charge in [0.2, 0.25) is 5.91 Å². The summed E-state index contributed by atoms with van der Waals surface area (Å²) < 4.78 is 10.7. The van der Waals surface area contributed by atoms with Gasteiger partial charge in [0.05, 0.1) is 25.7 Å². The number of methoxy groups -OCH3 is 2. The van der Waals surface area contributed by atoms with Gasteiger partial charge in [-0.25, -0.2) is 4.98 Å². The van der Waals surface area contributed by atoms with Crippen molar-refractivity contribution in [2.45, 2.75) is 4.90 Å². The zero-order valence-corrected chi connectivity index (χ0v) is 27.7. The van der Waals surface area contributed by atoms with E-state index in [1.165, 1.54) is 29.2 Å². The summed E-state index contributed by atoms with van der Waals surface area (Å²) in [6.07, 6.45) is 1.52. The molecule has 0 saturated heterocycles. The molecule has 238 valence electrons. The highest BCUT2D eigenvalue weighted by Gasteiger charge is 2.17. The Bertz CT molecular complexity index is 1930. The van der Waals surface area contributed by atoms with Gasteiger partial charge < -0.3 is 25.4 Å². The van der Waals surface area contributed by atoms with Gasteiger partial charge in [0.25, 0.3) is 11.8 Å². The van der Waals surface area contributed by atoms with Crippen LogP contribution in [0.5, 0.6) is 11.5 Å². The number of anilines is 2. The third-order valence-electron chi connectivity index (χ3n) is 6.63. The molecular weight excluding hydrogens is 656 g/mol. The number of nitrogens with zero attached hydrogens (tertiary/aromatic N) is 1. The third-order valence-corrected chi connectivity index (χ3v) is 8.72. The molecule has 0 bridgehead atoms. The quantitative estimate of drug-likeness (QED) is 0.0914. The Morgan fingerprint density at radius 3 is 2.40 bits per heavy atom. The summed E-state index contributed by atoms with van der Waals surface area (Å²) >= 11 is 8.95. The van der Waals surface area contributed by atoms with Gasteiger partial charge in [-0.05, 0) is 66.2 Å². The van der Waals surface area contributed by atoms with E-state index < -0.39 is 11.8 Å². The molecule has 0 aliphatic heterocycles. The summed E-state index contributed by atoms with van der Waals surface area (Å²) in [4.78, 5) is 44.4. The molecule has 4 aromatic carbocycles. The molecule has 1 aromatic heterocycles. The Morgan fingerprint density at radius 1 is 0.872 bits per heavy atom. The van der Waals surface area contributed by atoms with Crippen molar-refractivity contribution in [1.29, 1.82) is 0 Å². The van der Waals surface area contributed by atoms with Gasteiger partial charge in [0.1, 0.15) is 5.70 Å². The Morgan fingerprint density at radius 2 is 1.64 bits per heavy atom. The SMILES string of the molecule is COc1ccc(-c2csc(NC(=O)CSc3cccc(NC(=O)/C(=C\c4ccccc4Cl)NC(=O)c4ccccc4)c3)n2)cc1OC. The van der Waals surface area contributed by atoms with Crippen LogP contribution in [0.3, 0.4) is 0 Å². The normalized spacial score (nSPS) is 11.0. The van der Waals surface area contributed by atoms with Crippen LogP contribution >= 0.6 is 34.7 Å². The van der Waals surface area contributed by atoms with Gasteiger partial charge in [-0.15, -0.1) is 23.1 Å². The number of halogens is 1. The van der Waals surface area contributed by atoms with Crippen molar-refractivity contribution in [2.24, 2.45) is 0 Å². The predicted octanol–water partition coefficient (Wildman–Crippen LogP) is 7.62. The molecule has 0 atom stereocenters. The second-order valence-electron chi connectivity index (χ2n) is 9.83. The van der Waals surface area contributed by atoms with Gasteiger partial charge in [-0.3, -0.25) is 14.4 Å². The van der Waals surface area contributed by atoms with Crippen molar-refractivity contribution >= 4 is 69.3 Å². The number of rotatable bonds is 12. The van der Waals surface area contributed by atoms with E-state index in [9.17, 15) is 14.4 Å². The number of carbonyl (C=O) groups is 3. The first-order valence-corrected chi connectivity index (χ1v) is 16.4. The minimum Gasteiger partial charge on any atom is -0.493 e. The van der Waals surface area contributed by atoms with E-state index in [0.717, 1.165) is 10.5 Å². The van der Waals surface area contributed by atoms with Gasteiger partial charge >= 0.3 is 0 Å². The van der Waals surface area contributed by atoms with Crippen molar-refractivity contribution in [2.75, 3.05) is 30.6 Å². The van der Waals surface area contributed by atoms with E-state index in [4.69, 9.17) is 21.1 Å². The summed E-state index contributed by atoms with van der Waals surface area (Å²) in [5.41, 5.74) is 3.00. The lowest BCUT2D eigenvalue weighted by Gasteiger charge is -2.12. The van der Waals surface area contributed by atoms with E-state index in [0.29, 0.717) is 44.2 Å². The number of thioether (sulfide) groups is 1. The molecule has 47 heavy (non-hydrogen) atoms. The fourth-order valence-electron chi connectivity index (χ4n) is 4.32. The van der Waals surface area contributed by atoms with Crippen molar-refractivity contribution in [3.05, 3.63) is 124 Å². The summed E-state index contributed by atoms with van der Waals surface area (Å²) in [6, 6.07) is 28.2. The van der Waals surface area contributed by atoms with E-state index in [-0.39, 0.29) is 17.4 Å². The molecule has 0 fully saturated rings. The first-order chi connectivity index (χ1) is 22.8. The Hall–Kier alpha value is -5.10. The monoisotopic (exact) mass is 684 g/mol. The first kappa shape index (κ1) is 33.3. The van der Waals surface area contributed by atoms with Crippen LogP contribution in [0.4, 0.5) is 10.8 Å². The van der Waals surface area contributed by atoms with Gasteiger partial charge in [-0.1, -0.05) is 54.1 Å². The lowest BCUT2D eigenvalue weighted by atomic mass is 10.1. The Kier molecular flexibility index (Phi) is 11.3. The molecule has 0 saturated carbocycles. The van der Waals surface area contributed by atoms with E-state index >= 15 is 0 Å². The first-order valence-electron chi connectivity index (χ1n) is 14.2. The van der Waals surface area contributed by atoms with Crippen molar-refractivity contribution in [3.63, 3.8) is 0 Å². The van der Waals surface area contributed by atoms with Crippen molar-refractivity contribution in [3.8, 4) is 22.8 Å². The number of thiazole rings is 1. The average molecular weight is 685 g/mol. The van der Waals surface area contributed by atoms with Crippen LogP contribution in [0.1, 0.15) is 15.9 Å². The highest BCUT2D eigenvalue weighted by Crippen LogP contribution is 2.33. The number of hydrogen-bond donors (Lipinski definition) is 3. The minimum absolute atomic E-state index is 0.0142. The number of amides is 3. The maximum atomic E-state index is 13.4. The molecule has 5 rings (SSSR count). The molecule has 0 unspecified atom stereocenters. The molecule has 0 aliphatic carbocycles. The van der Waals surface area contributed by atoms with Gasteiger partial charge in [0, 0.05) is 32.1 Å². The molecule has 0 radical (unpaired) electrons. The van der Waals surface area contributed by atoms with Crippen LogP contribution in [0, 0.1) is 0 Å². The second-order valence-corrected chi connectivity index (χ2v) is 12.1. The highest BCUT2D eigenvalue weighted by atomic mass is 35.5. The van der Waals surface area contributed by atoms with E-state index in [1.54, 1.807) is 93.1 Å². The largest absolute Gasteiger partial charge is 0.493 e. The molecule has 0 spiro atoms. The Balaban J connectivity index is 1.22. The van der Waals surface area contributed by atoms with Crippen LogP contribution in [-0.2, 0) is 9.59 Å². The topological polar surface area (TPSA) is 119 Å². The van der Waals surface area contributed by atoms with Crippen LogP contribution in [-0.4, -0.2) is 42.7 Å². The summed E-state index contributed by atoms with van der Waals surface area (Å²) in [5, 5.41) is 11.1. The standard InChI is InChI=1S/C35H29ClN4O5S2/c1-44-30-16-15-24(18-31(30)45-2)29-20-47-35(39-29)40-32(41)21-46-26-13-8-12-25(19-26)37-34(43)28(17-23-11-6-7-14-27(23)36)38-33(42)22-9-4-3-5-10-22/h3-20H,21H2,1-2H3,(H,37,43)(H,38,42)(H,39,40,41)/b28-17+. The van der Waals surface area contributed by atoms with Gasteiger partial charge in [0.15, 0.2) is 16.6 Å². The average Bonchev–Trinajstić information content (AvgIpc) is 3.56. The molecule has 0 aliphatic rings. The zero-order valence-electron chi connectivity index (χ0n) is 25.3. The molecule has 12 heteroatoms. The lowest BCUT2D eigenvalue weighted by molar-refractivity contribution is -0.114. The Labute approximate surface area is 285 Å². The van der Waals surface area contributed by atoms with Gasteiger partial charge in [-0.2, -0.15) is 0 Å². The zero-order chi connectivity index (χ0) is 33.2. The third kappa shape index (κ3) is 9.01. The van der Waals surface area contributed by atoms with Crippen molar-refractivity contribution < 1.29 is 23.9 Å². The van der Waals surface area contributed by atoms with E-state index in [1.807, 2.05) is 23.6 Å². The number of nitrogens with one attached hydrogen (secondary N) is 3. The number of aromatic nitrogens is 1. The lowest BCUT2D eigenvalue weighted by Crippen LogP contribution is -2.30. The summed E-state index contributed by atoms with van der Waals surface area (Å²) in [7, 11) is 3.14. The number of benzene rings is 4. The fraction of sp³-hybridized carbons (Fsp3) is 0.0857. The summed E-state index contributed by atoms with van der Waals surface area (Å²) in [5.74, 6) is 0.112. The molecule has 9 nitrogen and oxygen atoms in total. The second kappa shape index (κ2) is 15.9. The fourth-order valence-corrected chi connectivity index (χ4v) is 6.00. The maximum absolute atomic E-state index is 13.4. The molecule has 3 N–H and O–H groups in total. The van der Waals surface area contributed by atoms with E-state index in [2.05, 4.69) is 20.9 Å². The number of ether oxygens (including phenoxy) is 2. The smallest absolute Gasteiger partial charge is 0.272 e. The predicted molar refractivity (Wildman–Crippen MR) is 188 cm³/mol. The molecule has 1 heterocycles. The molecule has 5 aromatic rings. The van der Waals surface area contributed by atoms with Crippen molar-refractivity contribution in [1.82, 2.24) is 10.3 Å². The van der Waals surface area contributed by atoms with Crippen LogP contribution in [0.25, 0.3) is 17.3 Å². The van der Waals surface area contributed by atoms with Crippen LogP contribution in [0.2, 0.25) is 5.02 Å². The number of carbonyl (C=O) groups excluding carboxylic acids is 3. The number of hydrogen-bond acceptors (Lipinski definition) is 8. The maximum Gasteiger partial charge on any atom is 0.272 e. The van der Waals surface area contributed by atoms with Crippen LogP contribution in [0.15, 0.2) is 113 Å². The summed E-state index contributed by atoms with van der Waals surface area (Å²) in [6.45, 7) is 0. The highest BCUT2D eigenvalue weighted by molar-refractivity contribution is 8.00. The molecular formula is C35H29ClN4O5S2. The minimum atomic E-state index is -0.539.